The molecule has 2 N–H and O–H groups in total. The van der Waals surface area contributed by atoms with Crippen LogP contribution in [0.1, 0.15) is 0 Å². The van der Waals surface area contributed by atoms with E-state index in [1.807, 2.05) is 0 Å². The summed E-state index contributed by atoms with van der Waals surface area (Å²) in [7, 11) is 0. The molecule has 0 radical (unpaired) electrons. The number of ether oxygens (including phenoxy) is 1. The second-order valence-corrected chi connectivity index (χ2v) is 1.97. The first-order chi connectivity index (χ1) is 5.45. The van der Waals surface area contributed by atoms with Crippen molar-refractivity contribution in [3.05, 3.63) is 24.8 Å². The maximum absolute atomic E-state index is 5.27. The summed E-state index contributed by atoms with van der Waals surface area (Å²) in [5, 5.41) is 12.7. The molecule has 2 aromatic heterocycles. The van der Waals surface area contributed by atoms with Crippen molar-refractivity contribution < 1.29 is 4.74 Å². The fourth-order valence-electron chi connectivity index (χ4n) is 0.726. The highest BCUT2D eigenvalue weighted by molar-refractivity contribution is 5.21. The lowest BCUT2D eigenvalue weighted by atomic mass is 10.6. The molecule has 0 aromatic carbocycles. The Morgan fingerprint density at radius 3 is 1.91 bits per heavy atom. The standard InChI is InChI=1S/C6H6N4O/c1-5(2-8-7-1)11-6-3-9-10-4-6/h1-4H,(H,7,8)(H,9,10). The van der Waals surface area contributed by atoms with E-state index in [0.717, 1.165) is 0 Å². The van der Waals surface area contributed by atoms with Crippen molar-refractivity contribution in [3.63, 3.8) is 0 Å². The van der Waals surface area contributed by atoms with Crippen molar-refractivity contribution >= 4 is 0 Å². The van der Waals surface area contributed by atoms with E-state index in [4.69, 9.17) is 4.74 Å². The number of nitrogens with zero attached hydrogens (tertiary/aromatic N) is 2. The van der Waals surface area contributed by atoms with Gasteiger partial charge in [-0.15, -0.1) is 0 Å². The summed E-state index contributed by atoms with van der Waals surface area (Å²) in [6.07, 6.45) is 6.50. The van der Waals surface area contributed by atoms with Crippen LogP contribution in [0.2, 0.25) is 0 Å². The van der Waals surface area contributed by atoms with Crippen LogP contribution in [-0.4, -0.2) is 20.4 Å². The van der Waals surface area contributed by atoms with Crippen molar-refractivity contribution in [3.8, 4) is 11.5 Å². The van der Waals surface area contributed by atoms with Crippen LogP contribution >= 0.6 is 0 Å². The Labute approximate surface area is 62.4 Å². The van der Waals surface area contributed by atoms with Crippen LogP contribution in [0.3, 0.4) is 0 Å². The molecule has 0 saturated heterocycles. The van der Waals surface area contributed by atoms with Crippen LogP contribution in [0.15, 0.2) is 24.8 Å². The smallest absolute Gasteiger partial charge is 0.165 e. The molecule has 0 aliphatic rings. The summed E-state index contributed by atoms with van der Waals surface area (Å²) < 4.78 is 5.27. The topological polar surface area (TPSA) is 66.6 Å². The Hall–Kier alpha value is -1.78. The Morgan fingerprint density at radius 1 is 1.00 bits per heavy atom. The predicted octanol–water partition coefficient (Wildman–Crippen LogP) is 0.925. The molecule has 5 heteroatoms. The normalized spacial score (nSPS) is 9.82. The highest BCUT2D eigenvalue weighted by Gasteiger charge is 1.96. The van der Waals surface area contributed by atoms with Gasteiger partial charge in [0.2, 0.25) is 0 Å². The molecule has 0 bridgehead atoms. The van der Waals surface area contributed by atoms with Crippen molar-refractivity contribution in [2.75, 3.05) is 0 Å². The van der Waals surface area contributed by atoms with Crippen LogP contribution in [0, 0.1) is 0 Å². The van der Waals surface area contributed by atoms with Gasteiger partial charge in [-0.3, -0.25) is 10.2 Å². The first kappa shape index (κ1) is 5.96. The molecule has 0 spiro atoms. The van der Waals surface area contributed by atoms with E-state index in [1.54, 1.807) is 24.8 Å². The van der Waals surface area contributed by atoms with E-state index in [1.165, 1.54) is 0 Å². The van der Waals surface area contributed by atoms with Gasteiger partial charge in [0, 0.05) is 0 Å². The van der Waals surface area contributed by atoms with Crippen LogP contribution in [-0.2, 0) is 0 Å². The maximum Gasteiger partial charge on any atom is 0.165 e. The summed E-state index contributed by atoms with van der Waals surface area (Å²) in [5.74, 6) is 1.35. The average molecular weight is 150 g/mol. The molecule has 0 fully saturated rings. The molecule has 2 heterocycles. The fourth-order valence-corrected chi connectivity index (χ4v) is 0.726. The first-order valence-corrected chi connectivity index (χ1v) is 3.10. The van der Waals surface area contributed by atoms with Gasteiger partial charge in [0.05, 0.1) is 24.8 Å². The Morgan fingerprint density at radius 2 is 1.55 bits per heavy atom. The summed E-state index contributed by atoms with van der Waals surface area (Å²) in [4.78, 5) is 0. The van der Waals surface area contributed by atoms with Gasteiger partial charge in [0.15, 0.2) is 11.5 Å². The van der Waals surface area contributed by atoms with Gasteiger partial charge >= 0.3 is 0 Å². The molecule has 0 atom stereocenters. The third kappa shape index (κ3) is 1.21. The Bertz CT molecular complexity index is 267. The van der Waals surface area contributed by atoms with Gasteiger partial charge in [-0.1, -0.05) is 0 Å². The van der Waals surface area contributed by atoms with E-state index in [9.17, 15) is 0 Å². The van der Waals surface area contributed by atoms with Crippen molar-refractivity contribution in [2.45, 2.75) is 0 Å². The SMILES string of the molecule is c1n[nH]cc1Oc1cn[nH]c1. The number of rotatable bonds is 2. The average Bonchev–Trinajstić information content (AvgIpc) is 2.60. The first-order valence-electron chi connectivity index (χ1n) is 3.10. The van der Waals surface area contributed by atoms with Gasteiger partial charge in [0.1, 0.15) is 0 Å². The molecule has 0 saturated carbocycles. The number of aromatic nitrogens is 4. The fraction of sp³-hybridized carbons (Fsp3) is 0. The summed E-state index contributed by atoms with van der Waals surface area (Å²) in [6.45, 7) is 0. The van der Waals surface area contributed by atoms with E-state index in [0.29, 0.717) is 11.5 Å². The minimum Gasteiger partial charge on any atom is -0.451 e. The van der Waals surface area contributed by atoms with Gasteiger partial charge in [-0.25, -0.2) is 0 Å². The van der Waals surface area contributed by atoms with Crippen LogP contribution in [0.25, 0.3) is 0 Å². The second-order valence-electron chi connectivity index (χ2n) is 1.97. The largest absolute Gasteiger partial charge is 0.451 e. The number of hydrogen-bond donors (Lipinski definition) is 2. The molecule has 5 nitrogen and oxygen atoms in total. The zero-order valence-electron chi connectivity index (χ0n) is 5.61. The summed E-state index contributed by atoms with van der Waals surface area (Å²) in [6, 6.07) is 0. The molecule has 0 aliphatic carbocycles. The molecule has 2 aromatic rings. The van der Waals surface area contributed by atoms with E-state index in [-0.39, 0.29) is 0 Å². The van der Waals surface area contributed by atoms with Gasteiger partial charge in [-0.2, -0.15) is 10.2 Å². The highest BCUT2D eigenvalue weighted by Crippen LogP contribution is 2.16. The number of aromatic amines is 2. The lowest BCUT2D eigenvalue weighted by Gasteiger charge is -1.94. The maximum atomic E-state index is 5.27. The van der Waals surface area contributed by atoms with Crippen molar-refractivity contribution in [1.29, 1.82) is 0 Å². The number of nitrogens with one attached hydrogen (secondary N) is 2. The van der Waals surface area contributed by atoms with Crippen molar-refractivity contribution in [1.82, 2.24) is 20.4 Å². The minimum atomic E-state index is 0.673. The van der Waals surface area contributed by atoms with Crippen molar-refractivity contribution in [2.24, 2.45) is 0 Å². The third-order valence-corrected chi connectivity index (χ3v) is 1.18. The van der Waals surface area contributed by atoms with Crippen LogP contribution < -0.4 is 4.74 Å². The second kappa shape index (κ2) is 2.45. The Balaban J connectivity index is 2.14. The monoisotopic (exact) mass is 150 g/mol. The van der Waals surface area contributed by atoms with E-state index < -0.39 is 0 Å². The van der Waals surface area contributed by atoms with Crippen LogP contribution in [0.4, 0.5) is 0 Å². The summed E-state index contributed by atoms with van der Waals surface area (Å²) >= 11 is 0. The zero-order valence-corrected chi connectivity index (χ0v) is 5.61. The Kier molecular flexibility index (Phi) is 1.33. The lowest BCUT2D eigenvalue weighted by molar-refractivity contribution is 0.483. The number of H-pyrrole nitrogens is 2. The van der Waals surface area contributed by atoms with E-state index in [2.05, 4.69) is 20.4 Å². The minimum absolute atomic E-state index is 0.673. The highest BCUT2D eigenvalue weighted by atomic mass is 16.5. The van der Waals surface area contributed by atoms with Gasteiger partial charge < -0.3 is 4.74 Å². The van der Waals surface area contributed by atoms with Gasteiger partial charge in [-0.05, 0) is 0 Å². The molecule has 0 unspecified atom stereocenters. The zero-order chi connectivity index (χ0) is 7.52. The molecular formula is C6H6N4O. The quantitative estimate of drug-likeness (QED) is 0.669. The molecule has 0 amide bonds. The predicted molar refractivity (Wildman–Crippen MR) is 37.2 cm³/mol. The number of hydrogen-bond acceptors (Lipinski definition) is 3. The van der Waals surface area contributed by atoms with E-state index >= 15 is 0 Å². The third-order valence-electron chi connectivity index (χ3n) is 1.18. The summed E-state index contributed by atoms with van der Waals surface area (Å²) in [5.41, 5.74) is 0. The van der Waals surface area contributed by atoms with Crippen LogP contribution in [0.5, 0.6) is 11.5 Å². The lowest BCUT2D eigenvalue weighted by Crippen LogP contribution is -1.76. The molecule has 0 aliphatic heterocycles. The molecule has 56 valence electrons. The molecule has 11 heavy (non-hydrogen) atoms. The van der Waals surface area contributed by atoms with Gasteiger partial charge in [0.25, 0.3) is 0 Å². The molecular weight excluding hydrogens is 144 g/mol. The molecule has 2 rings (SSSR count).